The molecule has 2 aliphatic rings. The molecule has 1 atom stereocenters. The van der Waals surface area contributed by atoms with E-state index in [0.717, 1.165) is 63.2 Å². The van der Waals surface area contributed by atoms with Crippen molar-refractivity contribution in [1.29, 1.82) is 0 Å². The SMILES string of the molecule is CCn1ccnc1[C@@H]1CCCCN1C(=O)C1=COCCC1. The van der Waals surface area contributed by atoms with Crippen LogP contribution in [-0.2, 0) is 16.1 Å². The lowest BCUT2D eigenvalue weighted by Crippen LogP contribution is -2.40. The third-order valence-electron chi connectivity index (χ3n) is 4.36. The molecule has 5 nitrogen and oxygen atoms in total. The summed E-state index contributed by atoms with van der Waals surface area (Å²) in [6.07, 6.45) is 10.5. The molecule has 114 valence electrons. The molecule has 1 aromatic rings. The molecule has 0 saturated carbocycles. The Labute approximate surface area is 125 Å². The second-order valence-corrected chi connectivity index (χ2v) is 5.70. The lowest BCUT2D eigenvalue weighted by molar-refractivity contribution is -0.131. The van der Waals surface area contributed by atoms with Gasteiger partial charge in [0.05, 0.1) is 24.5 Å². The van der Waals surface area contributed by atoms with Gasteiger partial charge in [-0.3, -0.25) is 4.79 Å². The monoisotopic (exact) mass is 289 g/mol. The summed E-state index contributed by atoms with van der Waals surface area (Å²) in [6, 6.07) is 0.101. The molecule has 1 fully saturated rings. The Morgan fingerprint density at radius 1 is 1.43 bits per heavy atom. The van der Waals surface area contributed by atoms with E-state index in [1.54, 1.807) is 6.26 Å². The highest BCUT2D eigenvalue weighted by molar-refractivity contribution is 5.93. The second kappa shape index (κ2) is 6.33. The third-order valence-corrected chi connectivity index (χ3v) is 4.36. The molecule has 1 saturated heterocycles. The smallest absolute Gasteiger partial charge is 0.253 e. The van der Waals surface area contributed by atoms with Crippen LogP contribution >= 0.6 is 0 Å². The van der Waals surface area contributed by atoms with Crippen molar-refractivity contribution in [1.82, 2.24) is 14.5 Å². The van der Waals surface area contributed by atoms with Gasteiger partial charge in [0.25, 0.3) is 5.91 Å². The van der Waals surface area contributed by atoms with E-state index in [1.807, 2.05) is 17.3 Å². The van der Waals surface area contributed by atoms with Crippen molar-refractivity contribution < 1.29 is 9.53 Å². The summed E-state index contributed by atoms with van der Waals surface area (Å²) in [5, 5.41) is 0. The maximum absolute atomic E-state index is 12.8. The number of aromatic nitrogens is 2. The van der Waals surface area contributed by atoms with Gasteiger partial charge in [-0.25, -0.2) is 4.98 Å². The van der Waals surface area contributed by atoms with E-state index >= 15 is 0 Å². The molecule has 5 heteroatoms. The maximum Gasteiger partial charge on any atom is 0.253 e. The first-order chi connectivity index (χ1) is 10.3. The molecule has 0 radical (unpaired) electrons. The van der Waals surface area contributed by atoms with Crippen LogP contribution in [0.15, 0.2) is 24.2 Å². The standard InChI is InChI=1S/C16H23N3O2/c1-2-18-10-8-17-15(18)14-7-3-4-9-19(14)16(20)13-6-5-11-21-12-13/h8,10,12,14H,2-7,9,11H2,1H3/t14-/m0/s1. The van der Waals surface area contributed by atoms with Crippen molar-refractivity contribution >= 4 is 5.91 Å². The summed E-state index contributed by atoms with van der Waals surface area (Å²) in [5.74, 6) is 1.15. The largest absolute Gasteiger partial charge is 0.501 e. The minimum absolute atomic E-state index is 0.101. The van der Waals surface area contributed by atoms with Gasteiger partial charge in [-0.15, -0.1) is 0 Å². The first-order valence-corrected chi connectivity index (χ1v) is 7.94. The summed E-state index contributed by atoms with van der Waals surface area (Å²) >= 11 is 0. The fraction of sp³-hybridized carbons (Fsp3) is 0.625. The van der Waals surface area contributed by atoms with E-state index < -0.39 is 0 Å². The zero-order chi connectivity index (χ0) is 14.7. The number of carbonyl (C=O) groups excluding carboxylic acids is 1. The Morgan fingerprint density at radius 2 is 2.33 bits per heavy atom. The van der Waals surface area contributed by atoms with Gasteiger partial charge in [0.2, 0.25) is 0 Å². The number of likely N-dealkylation sites (tertiary alicyclic amines) is 1. The molecule has 0 aromatic carbocycles. The van der Waals surface area contributed by atoms with Crippen LogP contribution in [0.1, 0.15) is 50.9 Å². The first kappa shape index (κ1) is 14.2. The van der Waals surface area contributed by atoms with Gasteiger partial charge >= 0.3 is 0 Å². The number of rotatable bonds is 3. The average molecular weight is 289 g/mol. The van der Waals surface area contributed by atoms with Crippen LogP contribution in [0, 0.1) is 0 Å². The molecule has 1 amide bonds. The van der Waals surface area contributed by atoms with Gasteiger partial charge in [0, 0.05) is 25.5 Å². The molecule has 0 unspecified atom stereocenters. The minimum Gasteiger partial charge on any atom is -0.501 e. The number of nitrogens with zero attached hydrogens (tertiary/aromatic N) is 3. The molecule has 0 bridgehead atoms. The van der Waals surface area contributed by atoms with Crippen molar-refractivity contribution in [2.24, 2.45) is 0 Å². The molecule has 1 aromatic heterocycles. The number of piperidine rings is 1. The predicted molar refractivity (Wildman–Crippen MR) is 79.5 cm³/mol. The van der Waals surface area contributed by atoms with Gasteiger partial charge in [0.1, 0.15) is 5.82 Å². The molecular formula is C16H23N3O2. The lowest BCUT2D eigenvalue weighted by atomic mass is 9.99. The minimum atomic E-state index is 0.101. The Morgan fingerprint density at radius 3 is 3.10 bits per heavy atom. The van der Waals surface area contributed by atoms with E-state index in [1.165, 1.54) is 0 Å². The van der Waals surface area contributed by atoms with E-state index in [4.69, 9.17) is 4.74 Å². The van der Waals surface area contributed by atoms with E-state index in [2.05, 4.69) is 16.5 Å². The predicted octanol–water partition coefficient (Wildman–Crippen LogP) is 2.65. The number of aryl methyl sites for hydroxylation is 1. The van der Waals surface area contributed by atoms with Gasteiger partial charge < -0.3 is 14.2 Å². The molecule has 3 rings (SSSR count). The molecule has 3 heterocycles. The highest BCUT2D eigenvalue weighted by atomic mass is 16.5. The van der Waals surface area contributed by atoms with Crippen LogP contribution in [0.25, 0.3) is 0 Å². The highest BCUT2D eigenvalue weighted by Crippen LogP contribution is 2.32. The first-order valence-electron chi connectivity index (χ1n) is 7.94. The molecule has 0 N–H and O–H groups in total. The molecule has 0 spiro atoms. The summed E-state index contributed by atoms with van der Waals surface area (Å²) in [4.78, 5) is 19.3. The highest BCUT2D eigenvalue weighted by Gasteiger charge is 2.32. The number of imidazole rings is 1. The Kier molecular flexibility index (Phi) is 4.27. The third kappa shape index (κ3) is 2.82. The zero-order valence-electron chi connectivity index (χ0n) is 12.6. The Hall–Kier alpha value is -1.78. The van der Waals surface area contributed by atoms with Crippen molar-refractivity contribution in [3.8, 4) is 0 Å². The topological polar surface area (TPSA) is 47.4 Å². The molecule has 0 aliphatic carbocycles. The van der Waals surface area contributed by atoms with Gasteiger partial charge in [-0.1, -0.05) is 0 Å². The van der Waals surface area contributed by atoms with Crippen LogP contribution in [-0.4, -0.2) is 33.5 Å². The number of carbonyl (C=O) groups is 1. The summed E-state index contributed by atoms with van der Waals surface area (Å²) in [7, 11) is 0. The normalized spacial score (nSPS) is 22.6. The summed E-state index contributed by atoms with van der Waals surface area (Å²) in [6.45, 7) is 4.54. The zero-order valence-corrected chi connectivity index (χ0v) is 12.6. The lowest BCUT2D eigenvalue weighted by Gasteiger charge is -2.36. The molecule has 21 heavy (non-hydrogen) atoms. The number of amides is 1. The number of hydrogen-bond donors (Lipinski definition) is 0. The second-order valence-electron chi connectivity index (χ2n) is 5.70. The van der Waals surface area contributed by atoms with Crippen LogP contribution in [0.3, 0.4) is 0 Å². The van der Waals surface area contributed by atoms with Crippen molar-refractivity contribution in [2.45, 2.75) is 51.6 Å². The van der Waals surface area contributed by atoms with Crippen LogP contribution < -0.4 is 0 Å². The summed E-state index contributed by atoms with van der Waals surface area (Å²) < 4.78 is 7.48. The van der Waals surface area contributed by atoms with Crippen LogP contribution in [0.4, 0.5) is 0 Å². The Balaban J connectivity index is 1.84. The van der Waals surface area contributed by atoms with Crippen molar-refractivity contribution in [3.63, 3.8) is 0 Å². The number of ether oxygens (including phenoxy) is 1. The molecule has 2 aliphatic heterocycles. The van der Waals surface area contributed by atoms with E-state index in [9.17, 15) is 4.79 Å². The van der Waals surface area contributed by atoms with Gasteiger partial charge in [-0.2, -0.15) is 0 Å². The van der Waals surface area contributed by atoms with Crippen LogP contribution in [0.2, 0.25) is 0 Å². The molecular weight excluding hydrogens is 266 g/mol. The van der Waals surface area contributed by atoms with E-state index in [0.29, 0.717) is 0 Å². The summed E-state index contributed by atoms with van der Waals surface area (Å²) in [5.41, 5.74) is 0.808. The quantitative estimate of drug-likeness (QED) is 0.859. The average Bonchev–Trinajstić information content (AvgIpc) is 3.03. The fourth-order valence-corrected chi connectivity index (χ4v) is 3.23. The Bertz CT molecular complexity index is 535. The van der Waals surface area contributed by atoms with E-state index in [-0.39, 0.29) is 11.9 Å². The van der Waals surface area contributed by atoms with Crippen molar-refractivity contribution in [3.05, 3.63) is 30.1 Å². The van der Waals surface area contributed by atoms with Crippen molar-refractivity contribution in [2.75, 3.05) is 13.2 Å². The van der Waals surface area contributed by atoms with Crippen LogP contribution in [0.5, 0.6) is 0 Å². The number of hydrogen-bond acceptors (Lipinski definition) is 3. The maximum atomic E-state index is 12.8. The van der Waals surface area contributed by atoms with Gasteiger partial charge in [-0.05, 0) is 39.0 Å². The van der Waals surface area contributed by atoms with Gasteiger partial charge in [0.15, 0.2) is 0 Å². The fourth-order valence-electron chi connectivity index (χ4n) is 3.23.